The van der Waals surface area contributed by atoms with Crippen LogP contribution in [-0.4, -0.2) is 24.9 Å². The quantitative estimate of drug-likeness (QED) is 0.768. The average molecular weight is 391 g/mol. The Hall–Kier alpha value is -3.03. The minimum absolute atomic E-state index is 0.0982. The van der Waals surface area contributed by atoms with Crippen molar-refractivity contribution in [2.75, 3.05) is 23.7 Å². The summed E-state index contributed by atoms with van der Waals surface area (Å²) in [7, 11) is 0. The molecular formula is C20H20F3N3O2. The molecule has 3 N–H and O–H groups in total. The summed E-state index contributed by atoms with van der Waals surface area (Å²) < 4.78 is 39.8. The van der Waals surface area contributed by atoms with Crippen molar-refractivity contribution in [2.24, 2.45) is 0 Å². The summed E-state index contributed by atoms with van der Waals surface area (Å²) in [5.74, 6) is -0.858. The molecule has 1 fully saturated rings. The SMILES string of the molecule is Nc1ccc(CCNC(=O)c2cc(N3CCCC3=O)cc(C(F)(F)F)c2)cc1. The first-order valence-corrected chi connectivity index (χ1v) is 8.89. The van der Waals surface area contributed by atoms with Crippen LogP contribution < -0.4 is 16.0 Å². The summed E-state index contributed by atoms with van der Waals surface area (Å²) in [5.41, 5.74) is 6.21. The van der Waals surface area contributed by atoms with Gasteiger partial charge in [-0.05, 0) is 48.7 Å². The van der Waals surface area contributed by atoms with Gasteiger partial charge in [0.15, 0.2) is 0 Å². The van der Waals surface area contributed by atoms with E-state index in [0.717, 1.165) is 17.7 Å². The van der Waals surface area contributed by atoms with E-state index in [1.807, 2.05) is 12.1 Å². The van der Waals surface area contributed by atoms with Gasteiger partial charge in [-0.1, -0.05) is 12.1 Å². The lowest BCUT2D eigenvalue weighted by Gasteiger charge is -2.19. The summed E-state index contributed by atoms with van der Waals surface area (Å²) >= 11 is 0. The van der Waals surface area contributed by atoms with E-state index in [9.17, 15) is 22.8 Å². The second kappa shape index (κ2) is 7.92. The van der Waals surface area contributed by atoms with Gasteiger partial charge in [-0.15, -0.1) is 0 Å². The summed E-state index contributed by atoms with van der Waals surface area (Å²) in [6.45, 7) is 0.606. The van der Waals surface area contributed by atoms with Gasteiger partial charge in [-0.3, -0.25) is 9.59 Å². The lowest BCUT2D eigenvalue weighted by Crippen LogP contribution is -2.28. The maximum absolute atomic E-state index is 13.3. The number of hydrogen-bond acceptors (Lipinski definition) is 3. The van der Waals surface area contributed by atoms with Crippen molar-refractivity contribution in [2.45, 2.75) is 25.4 Å². The highest BCUT2D eigenvalue weighted by Gasteiger charge is 2.33. The van der Waals surface area contributed by atoms with E-state index in [2.05, 4.69) is 5.32 Å². The van der Waals surface area contributed by atoms with Crippen molar-refractivity contribution in [3.8, 4) is 0 Å². The molecule has 1 heterocycles. The van der Waals surface area contributed by atoms with Crippen molar-refractivity contribution < 1.29 is 22.8 Å². The van der Waals surface area contributed by atoms with Gasteiger partial charge in [-0.2, -0.15) is 13.2 Å². The third kappa shape index (κ3) is 4.62. The molecule has 5 nitrogen and oxygen atoms in total. The van der Waals surface area contributed by atoms with E-state index in [-0.39, 0.29) is 23.7 Å². The zero-order valence-electron chi connectivity index (χ0n) is 15.1. The number of nitrogens with two attached hydrogens (primary N) is 1. The van der Waals surface area contributed by atoms with Crippen LogP contribution in [-0.2, 0) is 17.4 Å². The van der Waals surface area contributed by atoms with E-state index in [1.165, 1.54) is 11.0 Å². The number of halogens is 3. The molecule has 0 spiro atoms. The van der Waals surface area contributed by atoms with Crippen LogP contribution in [0.3, 0.4) is 0 Å². The highest BCUT2D eigenvalue weighted by molar-refractivity contribution is 5.99. The molecule has 0 saturated carbocycles. The Morgan fingerprint density at radius 1 is 1.14 bits per heavy atom. The summed E-state index contributed by atoms with van der Waals surface area (Å²) in [5, 5.41) is 2.63. The van der Waals surface area contributed by atoms with E-state index < -0.39 is 17.6 Å². The molecule has 2 amide bonds. The number of carbonyl (C=O) groups is 2. The monoisotopic (exact) mass is 391 g/mol. The molecule has 8 heteroatoms. The predicted octanol–water partition coefficient (Wildman–Crippen LogP) is 3.39. The lowest BCUT2D eigenvalue weighted by molar-refractivity contribution is -0.137. The molecule has 1 aliphatic rings. The van der Waals surface area contributed by atoms with Crippen molar-refractivity contribution in [3.63, 3.8) is 0 Å². The summed E-state index contributed by atoms with van der Waals surface area (Å²) in [6.07, 6.45) is -3.22. The van der Waals surface area contributed by atoms with Crippen molar-refractivity contribution in [1.82, 2.24) is 5.32 Å². The fourth-order valence-corrected chi connectivity index (χ4v) is 3.09. The number of carbonyl (C=O) groups excluding carboxylic acids is 2. The van der Waals surface area contributed by atoms with E-state index >= 15 is 0 Å². The number of benzene rings is 2. The highest BCUT2D eigenvalue weighted by Crippen LogP contribution is 2.34. The number of anilines is 2. The molecule has 3 rings (SSSR count). The number of nitrogen functional groups attached to an aromatic ring is 1. The Morgan fingerprint density at radius 2 is 1.86 bits per heavy atom. The minimum atomic E-state index is -4.61. The van der Waals surface area contributed by atoms with Crippen LogP contribution in [0.5, 0.6) is 0 Å². The Balaban J connectivity index is 1.76. The average Bonchev–Trinajstić information content (AvgIpc) is 3.08. The second-order valence-corrected chi connectivity index (χ2v) is 6.66. The molecule has 2 aromatic carbocycles. The van der Waals surface area contributed by atoms with Gasteiger partial charge < -0.3 is 16.0 Å². The molecule has 28 heavy (non-hydrogen) atoms. The van der Waals surface area contributed by atoms with Crippen LogP contribution in [0, 0.1) is 0 Å². The van der Waals surface area contributed by atoms with Gasteiger partial charge in [0.05, 0.1) is 5.56 Å². The van der Waals surface area contributed by atoms with Gasteiger partial charge in [0.2, 0.25) is 5.91 Å². The summed E-state index contributed by atoms with van der Waals surface area (Å²) in [4.78, 5) is 25.6. The molecular weight excluding hydrogens is 371 g/mol. The second-order valence-electron chi connectivity index (χ2n) is 6.66. The van der Waals surface area contributed by atoms with Gasteiger partial charge in [0.1, 0.15) is 0 Å². The maximum Gasteiger partial charge on any atom is 0.416 e. The Morgan fingerprint density at radius 3 is 2.46 bits per heavy atom. The van der Waals surface area contributed by atoms with E-state index in [4.69, 9.17) is 5.73 Å². The zero-order chi connectivity index (χ0) is 20.3. The van der Waals surface area contributed by atoms with Crippen LogP contribution >= 0.6 is 0 Å². The van der Waals surface area contributed by atoms with Crippen LogP contribution in [0.4, 0.5) is 24.5 Å². The molecule has 0 atom stereocenters. The number of hydrogen-bond donors (Lipinski definition) is 2. The van der Waals surface area contributed by atoms with E-state index in [0.29, 0.717) is 31.5 Å². The molecule has 0 aromatic heterocycles. The number of nitrogens with one attached hydrogen (secondary N) is 1. The van der Waals surface area contributed by atoms with Gasteiger partial charge in [0.25, 0.3) is 5.91 Å². The largest absolute Gasteiger partial charge is 0.416 e. The minimum Gasteiger partial charge on any atom is -0.399 e. The normalized spacial score (nSPS) is 14.4. The lowest BCUT2D eigenvalue weighted by atomic mass is 10.1. The van der Waals surface area contributed by atoms with Crippen LogP contribution in [0.1, 0.15) is 34.3 Å². The molecule has 0 aliphatic carbocycles. The van der Waals surface area contributed by atoms with Crippen molar-refractivity contribution in [3.05, 3.63) is 59.2 Å². The molecule has 1 saturated heterocycles. The zero-order valence-corrected chi connectivity index (χ0v) is 15.1. The van der Waals surface area contributed by atoms with Gasteiger partial charge in [-0.25, -0.2) is 0 Å². The van der Waals surface area contributed by atoms with E-state index in [1.54, 1.807) is 12.1 Å². The third-order valence-electron chi connectivity index (χ3n) is 4.57. The molecule has 0 radical (unpaired) electrons. The first kappa shape index (κ1) is 19.7. The number of amides is 2. The molecule has 2 aromatic rings. The molecule has 148 valence electrons. The van der Waals surface area contributed by atoms with Gasteiger partial charge in [0, 0.05) is 36.4 Å². The third-order valence-corrected chi connectivity index (χ3v) is 4.57. The fourth-order valence-electron chi connectivity index (χ4n) is 3.09. The Kier molecular flexibility index (Phi) is 5.58. The number of nitrogens with zero attached hydrogens (tertiary/aromatic N) is 1. The first-order chi connectivity index (χ1) is 13.2. The molecule has 0 unspecified atom stereocenters. The highest BCUT2D eigenvalue weighted by atomic mass is 19.4. The van der Waals surface area contributed by atoms with Crippen LogP contribution in [0.2, 0.25) is 0 Å². The molecule has 0 bridgehead atoms. The Bertz CT molecular complexity index is 879. The van der Waals surface area contributed by atoms with Crippen LogP contribution in [0.25, 0.3) is 0 Å². The Labute approximate surface area is 160 Å². The van der Waals surface area contributed by atoms with Crippen LogP contribution in [0.15, 0.2) is 42.5 Å². The van der Waals surface area contributed by atoms with Gasteiger partial charge >= 0.3 is 6.18 Å². The topological polar surface area (TPSA) is 75.4 Å². The summed E-state index contributed by atoms with van der Waals surface area (Å²) in [6, 6.07) is 10.2. The van der Waals surface area contributed by atoms with Crippen molar-refractivity contribution in [1.29, 1.82) is 0 Å². The fraction of sp³-hybridized carbons (Fsp3) is 0.300. The predicted molar refractivity (Wildman–Crippen MR) is 99.9 cm³/mol. The smallest absolute Gasteiger partial charge is 0.399 e. The molecule has 1 aliphatic heterocycles. The number of alkyl halides is 3. The van der Waals surface area contributed by atoms with Crippen molar-refractivity contribution >= 4 is 23.2 Å². The first-order valence-electron chi connectivity index (χ1n) is 8.89. The number of rotatable bonds is 5. The standard InChI is InChI=1S/C20H20F3N3O2/c21-20(22,23)15-10-14(11-17(12-15)26-9-1-2-18(26)27)19(28)25-8-7-13-3-5-16(24)6-4-13/h3-6,10-12H,1-2,7-9,24H2,(H,25,28). The maximum atomic E-state index is 13.3.